The highest BCUT2D eigenvalue weighted by Crippen LogP contribution is 2.31. The molecule has 2 atom stereocenters. The molecule has 7 heteroatoms. The molecule has 110 valence electrons. The SMILES string of the molecule is CN=C(NC[C@H]1CC[C@@H](c2nc(C)no2)O1)NC1CC1. The largest absolute Gasteiger partial charge is 0.363 e. The predicted molar refractivity (Wildman–Crippen MR) is 73.4 cm³/mol. The van der Waals surface area contributed by atoms with Crippen LogP contribution >= 0.6 is 0 Å². The van der Waals surface area contributed by atoms with Crippen molar-refractivity contribution in [2.45, 2.75) is 50.9 Å². The molecule has 0 radical (unpaired) electrons. The Morgan fingerprint density at radius 3 is 2.85 bits per heavy atom. The molecule has 0 unspecified atom stereocenters. The topological polar surface area (TPSA) is 84.6 Å². The predicted octanol–water partition coefficient (Wildman–Crippen LogP) is 0.926. The van der Waals surface area contributed by atoms with Crippen molar-refractivity contribution >= 4 is 5.96 Å². The first-order chi connectivity index (χ1) is 9.74. The number of nitrogens with zero attached hydrogens (tertiary/aromatic N) is 3. The Morgan fingerprint density at radius 2 is 2.20 bits per heavy atom. The lowest BCUT2D eigenvalue weighted by molar-refractivity contribution is 0.0285. The van der Waals surface area contributed by atoms with Gasteiger partial charge in [-0.15, -0.1) is 0 Å². The maximum Gasteiger partial charge on any atom is 0.255 e. The summed E-state index contributed by atoms with van der Waals surface area (Å²) in [5.74, 6) is 2.10. The van der Waals surface area contributed by atoms with Gasteiger partial charge in [-0.3, -0.25) is 4.99 Å². The Balaban J connectivity index is 1.45. The van der Waals surface area contributed by atoms with Crippen LogP contribution in [-0.4, -0.2) is 41.8 Å². The van der Waals surface area contributed by atoms with E-state index < -0.39 is 0 Å². The van der Waals surface area contributed by atoms with Gasteiger partial charge >= 0.3 is 0 Å². The summed E-state index contributed by atoms with van der Waals surface area (Å²) in [6.07, 6.45) is 4.46. The second-order valence-corrected chi connectivity index (χ2v) is 5.38. The van der Waals surface area contributed by atoms with Crippen LogP contribution in [0.15, 0.2) is 9.52 Å². The highest BCUT2D eigenvalue weighted by molar-refractivity contribution is 5.80. The van der Waals surface area contributed by atoms with Crippen molar-refractivity contribution in [3.8, 4) is 0 Å². The first kappa shape index (κ1) is 13.4. The third kappa shape index (κ3) is 3.27. The molecule has 0 amide bonds. The van der Waals surface area contributed by atoms with Gasteiger partial charge in [-0.2, -0.15) is 4.98 Å². The molecule has 1 aromatic rings. The Hall–Kier alpha value is -1.63. The standard InChI is InChI=1S/C13H21N5O2/c1-8-16-12(20-18-8)11-6-5-10(19-11)7-15-13(14-2)17-9-3-4-9/h9-11H,3-7H2,1-2H3,(H2,14,15,17)/t10-,11+/m1/s1. The van der Waals surface area contributed by atoms with Gasteiger partial charge in [-0.05, 0) is 32.6 Å². The van der Waals surface area contributed by atoms with Crippen molar-refractivity contribution in [3.63, 3.8) is 0 Å². The van der Waals surface area contributed by atoms with Crippen LogP contribution in [0.5, 0.6) is 0 Å². The van der Waals surface area contributed by atoms with E-state index in [4.69, 9.17) is 9.26 Å². The second kappa shape index (κ2) is 5.78. The molecule has 7 nitrogen and oxygen atoms in total. The number of aromatic nitrogens is 2. The van der Waals surface area contributed by atoms with Gasteiger partial charge in [0.15, 0.2) is 11.8 Å². The monoisotopic (exact) mass is 279 g/mol. The summed E-state index contributed by atoms with van der Waals surface area (Å²) >= 11 is 0. The quantitative estimate of drug-likeness (QED) is 0.630. The first-order valence-corrected chi connectivity index (χ1v) is 7.17. The fourth-order valence-corrected chi connectivity index (χ4v) is 2.31. The van der Waals surface area contributed by atoms with Crippen LogP contribution in [0.1, 0.15) is 43.5 Å². The molecule has 0 spiro atoms. The summed E-state index contributed by atoms with van der Waals surface area (Å²) in [5.41, 5.74) is 0. The van der Waals surface area contributed by atoms with Gasteiger partial charge in [0.25, 0.3) is 5.89 Å². The number of aryl methyl sites for hydroxylation is 1. The van der Waals surface area contributed by atoms with Gasteiger partial charge in [0, 0.05) is 19.6 Å². The zero-order valence-corrected chi connectivity index (χ0v) is 11.9. The molecule has 0 aromatic carbocycles. The normalized spacial score (nSPS) is 26.8. The Labute approximate surface area is 118 Å². The molecule has 2 aliphatic rings. The van der Waals surface area contributed by atoms with Crippen molar-refractivity contribution in [1.29, 1.82) is 0 Å². The summed E-state index contributed by atoms with van der Waals surface area (Å²) in [7, 11) is 1.79. The number of ether oxygens (including phenoxy) is 1. The lowest BCUT2D eigenvalue weighted by atomic mass is 10.2. The van der Waals surface area contributed by atoms with Crippen molar-refractivity contribution < 1.29 is 9.26 Å². The molecule has 3 rings (SSSR count). The Bertz CT molecular complexity index is 483. The number of hydrogen-bond donors (Lipinski definition) is 2. The van der Waals surface area contributed by atoms with Crippen LogP contribution in [0.2, 0.25) is 0 Å². The molecular weight excluding hydrogens is 258 g/mol. The van der Waals surface area contributed by atoms with Crippen molar-refractivity contribution in [2.75, 3.05) is 13.6 Å². The van der Waals surface area contributed by atoms with Crippen LogP contribution in [0, 0.1) is 6.92 Å². The van der Waals surface area contributed by atoms with Crippen LogP contribution in [0.4, 0.5) is 0 Å². The van der Waals surface area contributed by atoms with E-state index in [-0.39, 0.29) is 12.2 Å². The van der Waals surface area contributed by atoms with Gasteiger partial charge < -0.3 is 19.9 Å². The molecule has 1 saturated carbocycles. The summed E-state index contributed by atoms with van der Waals surface area (Å²) < 4.78 is 11.1. The van der Waals surface area contributed by atoms with E-state index in [0.29, 0.717) is 17.8 Å². The van der Waals surface area contributed by atoms with Gasteiger partial charge in [0.1, 0.15) is 6.10 Å². The van der Waals surface area contributed by atoms with E-state index in [2.05, 4.69) is 25.8 Å². The minimum Gasteiger partial charge on any atom is -0.363 e. The second-order valence-electron chi connectivity index (χ2n) is 5.38. The number of nitrogens with one attached hydrogen (secondary N) is 2. The van der Waals surface area contributed by atoms with Crippen molar-refractivity contribution in [2.24, 2.45) is 4.99 Å². The number of guanidine groups is 1. The third-order valence-corrected chi connectivity index (χ3v) is 3.57. The average Bonchev–Trinajstić information content (AvgIpc) is 2.96. The van der Waals surface area contributed by atoms with Crippen molar-refractivity contribution in [3.05, 3.63) is 11.7 Å². The zero-order valence-electron chi connectivity index (χ0n) is 11.9. The van der Waals surface area contributed by atoms with E-state index in [1.54, 1.807) is 7.05 Å². The van der Waals surface area contributed by atoms with Crippen LogP contribution < -0.4 is 10.6 Å². The Morgan fingerprint density at radius 1 is 1.35 bits per heavy atom. The fraction of sp³-hybridized carbons (Fsp3) is 0.769. The molecular formula is C13H21N5O2. The first-order valence-electron chi connectivity index (χ1n) is 7.17. The van der Waals surface area contributed by atoms with E-state index in [1.165, 1.54) is 12.8 Å². The molecule has 1 aliphatic heterocycles. The fourth-order valence-electron chi connectivity index (χ4n) is 2.31. The summed E-state index contributed by atoms with van der Waals surface area (Å²) in [6.45, 7) is 2.56. The molecule has 1 aliphatic carbocycles. The minimum atomic E-state index is -0.0681. The van der Waals surface area contributed by atoms with Gasteiger partial charge in [0.2, 0.25) is 0 Å². The van der Waals surface area contributed by atoms with Crippen LogP contribution in [0.25, 0.3) is 0 Å². The Kier molecular flexibility index (Phi) is 3.86. The zero-order chi connectivity index (χ0) is 13.9. The number of hydrogen-bond acceptors (Lipinski definition) is 5. The van der Waals surface area contributed by atoms with Crippen molar-refractivity contribution in [1.82, 2.24) is 20.8 Å². The summed E-state index contributed by atoms with van der Waals surface area (Å²) in [4.78, 5) is 8.43. The maximum atomic E-state index is 5.93. The van der Waals surface area contributed by atoms with E-state index in [9.17, 15) is 0 Å². The smallest absolute Gasteiger partial charge is 0.255 e. The lowest BCUT2D eigenvalue weighted by Gasteiger charge is -2.15. The number of aliphatic imine (C=N–C) groups is 1. The lowest BCUT2D eigenvalue weighted by Crippen LogP contribution is -2.41. The summed E-state index contributed by atoms with van der Waals surface area (Å²) in [5, 5.41) is 10.5. The molecule has 0 bridgehead atoms. The highest BCUT2D eigenvalue weighted by atomic mass is 16.5. The average molecular weight is 279 g/mol. The molecule has 2 heterocycles. The molecule has 2 N–H and O–H groups in total. The number of rotatable bonds is 4. The highest BCUT2D eigenvalue weighted by Gasteiger charge is 2.30. The van der Waals surface area contributed by atoms with Gasteiger partial charge in [0.05, 0.1) is 6.10 Å². The summed E-state index contributed by atoms with van der Waals surface area (Å²) in [6, 6.07) is 0.597. The molecule has 1 saturated heterocycles. The maximum absolute atomic E-state index is 5.93. The molecule has 2 fully saturated rings. The minimum absolute atomic E-state index is 0.0681. The van der Waals surface area contributed by atoms with Crippen LogP contribution in [-0.2, 0) is 4.74 Å². The van der Waals surface area contributed by atoms with E-state index in [1.807, 2.05) is 6.92 Å². The van der Waals surface area contributed by atoms with E-state index in [0.717, 1.165) is 25.3 Å². The van der Waals surface area contributed by atoms with Gasteiger partial charge in [-0.25, -0.2) is 0 Å². The molecule has 20 heavy (non-hydrogen) atoms. The van der Waals surface area contributed by atoms with Gasteiger partial charge in [-0.1, -0.05) is 5.16 Å². The third-order valence-electron chi connectivity index (χ3n) is 3.57. The van der Waals surface area contributed by atoms with Crippen LogP contribution in [0.3, 0.4) is 0 Å². The van der Waals surface area contributed by atoms with E-state index >= 15 is 0 Å². The molecule has 1 aromatic heterocycles.